The number of aliphatic carboxylic acids is 1. The standard InChI is InChI=1S/C27H42N6O16P2/c1-17-14-32(26(40)41)15-20(33(27(42)43)12-11-30(25(38)39)9-10-31(17)16-23(36)37)13-18-5-7-19(8-6-18)28-21(34)3-2-4-22(35)29-24(50(44,45)46)51(47,48)49/h5-8,17,20,24H,2-4,9-16H2,1H3,(H,28,34)(H,29,35)(H,36,37)(H,38,39)(H,40,41)(H,42,43)(H2,44,45,46)(H2,47,48,49). The van der Waals surface area contributed by atoms with E-state index in [-0.39, 0.29) is 64.2 Å². The fourth-order valence-electron chi connectivity index (χ4n) is 5.25. The van der Waals surface area contributed by atoms with E-state index < -0.39 is 81.8 Å². The summed E-state index contributed by atoms with van der Waals surface area (Å²) in [6.45, 7) is -0.247. The van der Waals surface area contributed by atoms with Crippen molar-refractivity contribution in [2.45, 2.75) is 50.2 Å². The molecule has 10 N–H and O–H groups in total. The molecule has 51 heavy (non-hydrogen) atoms. The van der Waals surface area contributed by atoms with Gasteiger partial charge in [-0.15, -0.1) is 0 Å². The van der Waals surface area contributed by atoms with Gasteiger partial charge in [0, 0.05) is 63.8 Å². The molecule has 0 radical (unpaired) electrons. The lowest BCUT2D eigenvalue weighted by Gasteiger charge is -2.38. The molecule has 1 fully saturated rings. The molecule has 1 aliphatic heterocycles. The SMILES string of the molecule is CC1CN(C(=O)O)CC(Cc2ccc(NC(=O)CCCC(=O)NC(P(=O)(O)O)P(=O)(O)O)cc2)N(C(=O)O)CCN(C(=O)O)CCN1CC(=O)O. The summed E-state index contributed by atoms with van der Waals surface area (Å²) in [5.74, 6) is -2.89. The van der Waals surface area contributed by atoms with Crippen LogP contribution in [0.1, 0.15) is 31.7 Å². The monoisotopic (exact) mass is 768 g/mol. The van der Waals surface area contributed by atoms with Crippen molar-refractivity contribution in [1.82, 2.24) is 24.9 Å². The lowest BCUT2D eigenvalue weighted by Crippen LogP contribution is -2.56. The third-order valence-electron chi connectivity index (χ3n) is 7.82. The first kappa shape index (κ1) is 42.9. The normalized spacial score (nSPS) is 18.4. The molecule has 2 atom stereocenters. The van der Waals surface area contributed by atoms with Gasteiger partial charge in [-0.3, -0.25) is 28.4 Å². The summed E-state index contributed by atoms with van der Waals surface area (Å²) in [6, 6.07) is 4.32. The van der Waals surface area contributed by atoms with Crippen LogP contribution in [0, 0.1) is 0 Å². The number of benzene rings is 1. The second kappa shape index (κ2) is 18.8. The number of carbonyl (C=O) groups is 6. The third kappa shape index (κ3) is 14.5. The molecule has 1 aliphatic rings. The van der Waals surface area contributed by atoms with Crippen LogP contribution in [-0.4, -0.2) is 159 Å². The molecule has 0 aromatic heterocycles. The number of carbonyl (C=O) groups excluding carboxylic acids is 2. The number of nitrogens with one attached hydrogen (secondary N) is 2. The minimum absolute atomic E-state index is 0.0378. The summed E-state index contributed by atoms with van der Waals surface area (Å²) in [5, 5.41) is 43.3. The van der Waals surface area contributed by atoms with Gasteiger partial charge in [-0.1, -0.05) is 12.1 Å². The first-order chi connectivity index (χ1) is 23.6. The van der Waals surface area contributed by atoms with E-state index in [1.807, 2.05) is 0 Å². The molecule has 0 aliphatic carbocycles. The van der Waals surface area contributed by atoms with Gasteiger partial charge in [-0.2, -0.15) is 0 Å². The Morgan fingerprint density at radius 2 is 1.31 bits per heavy atom. The number of rotatable bonds is 12. The van der Waals surface area contributed by atoms with E-state index >= 15 is 0 Å². The summed E-state index contributed by atoms with van der Waals surface area (Å²) < 4.78 is 22.6. The minimum Gasteiger partial charge on any atom is -0.480 e. The largest absolute Gasteiger partial charge is 0.480 e. The predicted octanol–water partition coefficient (Wildman–Crippen LogP) is 0.190. The van der Waals surface area contributed by atoms with Crippen LogP contribution < -0.4 is 10.6 Å². The van der Waals surface area contributed by atoms with Crippen molar-refractivity contribution in [3.63, 3.8) is 0 Å². The molecule has 1 heterocycles. The lowest BCUT2D eigenvalue weighted by atomic mass is 10.0. The van der Waals surface area contributed by atoms with E-state index in [1.165, 1.54) is 29.2 Å². The van der Waals surface area contributed by atoms with E-state index in [2.05, 4.69) is 5.32 Å². The molecular formula is C27H42N6O16P2. The fourth-order valence-corrected chi connectivity index (χ4v) is 7.44. The van der Waals surface area contributed by atoms with Gasteiger partial charge in [0.1, 0.15) is 0 Å². The van der Waals surface area contributed by atoms with Gasteiger partial charge >= 0.3 is 39.4 Å². The molecule has 2 unspecified atom stereocenters. The highest BCUT2D eigenvalue weighted by Gasteiger charge is 2.44. The molecular weight excluding hydrogens is 726 g/mol. The van der Waals surface area contributed by atoms with E-state index in [9.17, 15) is 58.3 Å². The second-order valence-electron chi connectivity index (χ2n) is 11.7. The molecule has 1 saturated heterocycles. The Kier molecular flexibility index (Phi) is 15.8. The molecule has 22 nitrogen and oxygen atoms in total. The number of amides is 5. The zero-order chi connectivity index (χ0) is 38.7. The first-order valence-electron chi connectivity index (χ1n) is 15.3. The summed E-state index contributed by atoms with van der Waals surface area (Å²) in [7, 11) is -10.8. The zero-order valence-electron chi connectivity index (χ0n) is 27.3. The van der Waals surface area contributed by atoms with Crippen LogP contribution in [-0.2, 0) is 29.9 Å². The number of hydrogen-bond donors (Lipinski definition) is 10. The molecule has 0 saturated carbocycles. The number of hydrogen-bond acceptors (Lipinski definition) is 9. The molecule has 5 amide bonds. The predicted molar refractivity (Wildman–Crippen MR) is 175 cm³/mol. The molecule has 24 heteroatoms. The lowest BCUT2D eigenvalue weighted by molar-refractivity contribution is -0.139. The molecule has 286 valence electrons. The van der Waals surface area contributed by atoms with Gasteiger partial charge in [-0.05, 0) is 37.5 Å². The molecule has 2 rings (SSSR count). The Balaban J connectivity index is 2.17. The van der Waals surface area contributed by atoms with Gasteiger partial charge < -0.3 is 65.3 Å². The Hall–Kier alpha value is -4.30. The highest BCUT2D eigenvalue weighted by molar-refractivity contribution is 7.70. The summed E-state index contributed by atoms with van der Waals surface area (Å²) in [6.07, 6.45) is -5.09. The van der Waals surface area contributed by atoms with Crippen LogP contribution in [0.2, 0.25) is 0 Å². The molecule has 1 aromatic carbocycles. The number of carboxylic acid groups (broad SMARTS) is 4. The average Bonchev–Trinajstić information content (AvgIpc) is 2.98. The number of anilines is 1. The highest BCUT2D eigenvalue weighted by Crippen LogP contribution is 2.58. The third-order valence-corrected chi connectivity index (χ3v) is 11.2. The van der Waals surface area contributed by atoms with Crippen LogP contribution in [0.15, 0.2) is 24.3 Å². The van der Waals surface area contributed by atoms with Crippen LogP contribution in [0.5, 0.6) is 0 Å². The summed E-state index contributed by atoms with van der Waals surface area (Å²) >= 11 is 0. The van der Waals surface area contributed by atoms with E-state index in [1.54, 1.807) is 12.2 Å². The number of nitrogens with zero attached hydrogens (tertiary/aromatic N) is 4. The quantitative estimate of drug-likeness (QED) is 0.127. The van der Waals surface area contributed by atoms with E-state index in [0.29, 0.717) is 5.56 Å². The van der Waals surface area contributed by atoms with E-state index in [4.69, 9.17) is 19.6 Å². The summed E-state index contributed by atoms with van der Waals surface area (Å²) in [5.41, 5.74) is -1.93. The van der Waals surface area contributed by atoms with Gasteiger partial charge in [0.15, 0.2) is 0 Å². The van der Waals surface area contributed by atoms with Crippen LogP contribution in [0.3, 0.4) is 0 Å². The maximum absolute atomic E-state index is 12.4. The van der Waals surface area contributed by atoms with Crippen molar-refractivity contribution in [3.8, 4) is 0 Å². The molecule has 0 bridgehead atoms. The van der Waals surface area contributed by atoms with Crippen molar-refractivity contribution in [1.29, 1.82) is 0 Å². The zero-order valence-corrected chi connectivity index (χ0v) is 29.1. The van der Waals surface area contributed by atoms with Crippen LogP contribution in [0.4, 0.5) is 20.1 Å². The smallest absolute Gasteiger partial charge is 0.407 e. The van der Waals surface area contributed by atoms with Crippen molar-refractivity contribution in [2.75, 3.05) is 51.1 Å². The maximum atomic E-state index is 12.4. The van der Waals surface area contributed by atoms with Crippen LogP contribution >= 0.6 is 15.2 Å². The van der Waals surface area contributed by atoms with Crippen molar-refractivity contribution in [2.24, 2.45) is 0 Å². The van der Waals surface area contributed by atoms with Gasteiger partial charge in [-0.25, -0.2) is 14.4 Å². The van der Waals surface area contributed by atoms with Gasteiger partial charge in [0.25, 0.3) is 0 Å². The van der Waals surface area contributed by atoms with E-state index in [0.717, 1.165) is 14.7 Å². The maximum Gasteiger partial charge on any atom is 0.407 e. The first-order valence-corrected chi connectivity index (χ1v) is 18.6. The molecule has 0 spiro atoms. The summed E-state index contributed by atoms with van der Waals surface area (Å²) in [4.78, 5) is 113. The Labute approximate surface area is 290 Å². The van der Waals surface area contributed by atoms with Crippen molar-refractivity contribution >= 4 is 56.9 Å². The van der Waals surface area contributed by atoms with Gasteiger partial charge in [0.2, 0.25) is 17.3 Å². The molecule has 1 aromatic rings. The fraction of sp³-hybridized carbons (Fsp3) is 0.556. The van der Waals surface area contributed by atoms with Gasteiger partial charge in [0.05, 0.1) is 12.6 Å². The Morgan fingerprint density at radius 1 is 0.765 bits per heavy atom. The van der Waals surface area contributed by atoms with Crippen LogP contribution in [0.25, 0.3) is 0 Å². The Bertz CT molecular complexity index is 1500. The van der Waals surface area contributed by atoms with Crippen molar-refractivity contribution < 1.29 is 77.9 Å². The highest BCUT2D eigenvalue weighted by atomic mass is 31.2. The minimum atomic E-state index is -5.38. The topological polar surface area (TPSA) is 335 Å². The van der Waals surface area contributed by atoms with Crippen molar-refractivity contribution in [3.05, 3.63) is 29.8 Å². The second-order valence-corrected chi connectivity index (χ2v) is 15.5. The average molecular weight is 769 g/mol. The Morgan fingerprint density at radius 3 is 1.82 bits per heavy atom. The number of carboxylic acids is 1.